The molecule has 57 heavy (non-hydrogen) atoms. The molecule has 1 amide bonds. The summed E-state index contributed by atoms with van der Waals surface area (Å²) >= 11 is 3.58. The number of methoxy groups -OCH3 is 1. The zero-order valence-corrected chi connectivity index (χ0v) is 36.5. The molecule has 4 aromatic carbocycles. The number of rotatable bonds is 15. The minimum absolute atomic E-state index is 0.0000798. The monoisotopic (exact) mass is 859 g/mol. The molecule has 0 aromatic heterocycles. The van der Waals surface area contributed by atoms with E-state index in [1.807, 2.05) is 43.3 Å². The van der Waals surface area contributed by atoms with Gasteiger partial charge in [0.25, 0.3) is 5.91 Å². The van der Waals surface area contributed by atoms with E-state index in [9.17, 15) is 22.8 Å². The number of ether oxygens (including phenoxy) is 2. The van der Waals surface area contributed by atoms with Crippen molar-refractivity contribution < 1.29 is 32.3 Å². The highest BCUT2D eigenvalue weighted by molar-refractivity contribution is 9.10. The molecule has 1 fully saturated rings. The molecule has 0 heterocycles. The van der Waals surface area contributed by atoms with Gasteiger partial charge in [0.05, 0.1) is 23.3 Å². The van der Waals surface area contributed by atoms with Crippen LogP contribution in [0.2, 0.25) is 0 Å². The molecule has 0 radical (unpaired) electrons. The first-order valence-electron chi connectivity index (χ1n) is 19.3. The molecule has 1 aliphatic rings. The summed E-state index contributed by atoms with van der Waals surface area (Å²) in [7, 11) is 1.41. The highest BCUT2D eigenvalue weighted by Crippen LogP contribution is 2.38. The minimum atomic E-state index is -3.93. The number of carbonyl (C=O) groups is 3. The van der Waals surface area contributed by atoms with E-state index in [4.69, 9.17) is 9.47 Å². The van der Waals surface area contributed by atoms with E-state index in [0.717, 1.165) is 5.56 Å². The van der Waals surface area contributed by atoms with Crippen molar-refractivity contribution in [3.63, 3.8) is 0 Å². The largest absolute Gasteiger partial charge is 0.496 e. The lowest BCUT2D eigenvalue weighted by Crippen LogP contribution is -2.41. The Morgan fingerprint density at radius 1 is 0.912 bits per heavy atom. The van der Waals surface area contributed by atoms with Crippen LogP contribution in [-0.4, -0.2) is 69.7 Å². The lowest BCUT2D eigenvalue weighted by atomic mass is 9.83. The molecule has 304 valence electrons. The van der Waals surface area contributed by atoms with Crippen molar-refractivity contribution in [3.8, 4) is 22.6 Å². The van der Waals surface area contributed by atoms with Gasteiger partial charge in [-0.05, 0) is 148 Å². The first-order chi connectivity index (χ1) is 26.9. The predicted molar refractivity (Wildman–Crippen MR) is 229 cm³/mol. The number of sulfonamides is 1. The van der Waals surface area contributed by atoms with Gasteiger partial charge in [0.2, 0.25) is 10.0 Å². The Kier molecular flexibility index (Phi) is 14.2. The molecule has 1 saturated carbocycles. The molecular formula is C45H54BrN3O7S. The number of hydrogen-bond acceptors (Lipinski definition) is 8. The van der Waals surface area contributed by atoms with Crippen LogP contribution in [0.3, 0.4) is 0 Å². The Bertz CT molecular complexity index is 2210. The van der Waals surface area contributed by atoms with Crippen molar-refractivity contribution in [1.29, 1.82) is 0 Å². The summed E-state index contributed by atoms with van der Waals surface area (Å²) in [5.41, 5.74) is 3.89. The van der Waals surface area contributed by atoms with Crippen LogP contribution in [0.5, 0.6) is 11.5 Å². The Labute approximate surface area is 345 Å². The van der Waals surface area contributed by atoms with E-state index >= 15 is 0 Å². The smallest absolute Gasteiger partial charge is 0.265 e. The van der Waals surface area contributed by atoms with E-state index in [2.05, 4.69) is 38.1 Å². The molecule has 1 aliphatic carbocycles. The first-order valence-corrected chi connectivity index (χ1v) is 21.6. The summed E-state index contributed by atoms with van der Waals surface area (Å²) < 4.78 is 41.2. The van der Waals surface area contributed by atoms with Gasteiger partial charge >= 0.3 is 0 Å². The molecule has 2 atom stereocenters. The third-order valence-corrected chi connectivity index (χ3v) is 12.6. The zero-order chi connectivity index (χ0) is 41.7. The van der Waals surface area contributed by atoms with Crippen LogP contribution in [0.25, 0.3) is 11.1 Å². The lowest BCUT2D eigenvalue weighted by Gasteiger charge is -2.25. The second-order valence-electron chi connectivity index (χ2n) is 16.0. The number of ketones is 2. The number of anilines is 1. The Morgan fingerprint density at radius 2 is 1.58 bits per heavy atom. The fraction of sp³-hybridized carbons (Fsp3) is 0.400. The van der Waals surface area contributed by atoms with E-state index in [0.29, 0.717) is 50.6 Å². The second kappa shape index (κ2) is 18.5. The molecule has 0 saturated heterocycles. The van der Waals surface area contributed by atoms with Crippen LogP contribution < -0.4 is 19.5 Å². The Morgan fingerprint density at radius 3 is 2.18 bits per heavy atom. The van der Waals surface area contributed by atoms with Crippen molar-refractivity contribution in [2.45, 2.75) is 102 Å². The quantitative estimate of drug-likeness (QED) is 0.113. The molecule has 0 bridgehead atoms. The summed E-state index contributed by atoms with van der Waals surface area (Å²) in [5.74, 6) is 0.767. The first kappa shape index (κ1) is 43.8. The van der Waals surface area contributed by atoms with Crippen LogP contribution in [0.15, 0.2) is 88.2 Å². The number of carbonyl (C=O) groups excluding carboxylic acids is 3. The SMILES string of the molecule is COc1cc(-c2ccc(OC(C)C(=O)Nc3ccccc3S(=O)(=O)NC(C)(C)C)c(Br)c2)c(C(C)=O)cc1CC(C(=O)c1ccc(C2CCCCC2)cc1)N(C)C. The van der Waals surface area contributed by atoms with E-state index in [-0.39, 0.29) is 22.1 Å². The van der Waals surface area contributed by atoms with E-state index < -0.39 is 33.6 Å². The van der Waals surface area contributed by atoms with Gasteiger partial charge in [-0.3, -0.25) is 19.3 Å². The molecule has 4 aromatic rings. The van der Waals surface area contributed by atoms with Gasteiger partial charge in [0.1, 0.15) is 16.4 Å². The standard InChI is InChI=1S/C45H54BrN3O7S/c1-28(50)35-24-34(26-39(49(6)7)43(51)32-20-18-31(19-21-32)30-14-10-9-11-15-30)41(55-8)27-36(35)33-22-23-40(37(46)25-33)56-29(2)44(52)47-38-16-12-13-17-42(38)57(53,54)48-45(3,4)5/h12-13,16-25,27,29-30,39,48H,9-11,14-15,26H2,1-8H3,(H,47,52). The molecule has 0 aliphatic heterocycles. The summed E-state index contributed by atoms with van der Waals surface area (Å²) in [5, 5.41) is 2.69. The number of nitrogens with zero attached hydrogens (tertiary/aromatic N) is 1. The van der Waals surface area contributed by atoms with E-state index in [1.165, 1.54) is 56.7 Å². The molecule has 5 rings (SSSR count). The molecule has 12 heteroatoms. The number of hydrogen-bond donors (Lipinski definition) is 2. The highest BCUT2D eigenvalue weighted by Gasteiger charge is 2.28. The third-order valence-electron chi connectivity index (χ3n) is 10.2. The van der Waals surface area contributed by atoms with Gasteiger partial charge in [-0.1, -0.05) is 61.7 Å². The van der Waals surface area contributed by atoms with Crippen molar-refractivity contribution in [3.05, 3.63) is 106 Å². The molecule has 0 spiro atoms. The van der Waals surface area contributed by atoms with Gasteiger partial charge in [-0.2, -0.15) is 0 Å². The average Bonchev–Trinajstić information content (AvgIpc) is 3.16. The maximum atomic E-state index is 13.9. The fourth-order valence-electron chi connectivity index (χ4n) is 7.27. The summed E-state index contributed by atoms with van der Waals surface area (Å²) in [6, 6.07) is 22.7. The maximum Gasteiger partial charge on any atom is 0.265 e. The van der Waals surface area contributed by atoms with E-state index in [1.54, 1.807) is 65.1 Å². The summed E-state index contributed by atoms with van der Waals surface area (Å²) in [6.07, 6.45) is 5.50. The predicted octanol–water partition coefficient (Wildman–Crippen LogP) is 9.21. The average molecular weight is 861 g/mol. The van der Waals surface area contributed by atoms with Gasteiger partial charge < -0.3 is 14.8 Å². The fourth-order valence-corrected chi connectivity index (χ4v) is 9.33. The van der Waals surface area contributed by atoms with Crippen LogP contribution in [0, 0.1) is 0 Å². The van der Waals surface area contributed by atoms with Crippen LogP contribution in [0.4, 0.5) is 5.69 Å². The number of Topliss-reactive ketones (excluding diaryl/α,β-unsaturated/α-hetero) is 2. The number of halogens is 1. The molecule has 10 nitrogen and oxygen atoms in total. The van der Waals surface area contributed by atoms with Crippen molar-refractivity contribution in [2.24, 2.45) is 0 Å². The number of nitrogens with one attached hydrogen (secondary N) is 2. The normalized spacial score (nSPS) is 14.8. The Hall–Kier alpha value is -4.36. The topological polar surface area (TPSA) is 131 Å². The van der Waals surface area contributed by atoms with Gasteiger partial charge in [-0.25, -0.2) is 13.1 Å². The Balaban J connectivity index is 1.35. The highest BCUT2D eigenvalue weighted by atomic mass is 79.9. The molecular weight excluding hydrogens is 806 g/mol. The van der Waals surface area contributed by atoms with Crippen molar-refractivity contribution in [1.82, 2.24) is 9.62 Å². The van der Waals surface area contributed by atoms with Gasteiger partial charge in [0.15, 0.2) is 17.7 Å². The molecule has 2 N–H and O–H groups in total. The number of para-hydroxylation sites is 1. The maximum absolute atomic E-state index is 13.9. The van der Waals surface area contributed by atoms with Crippen molar-refractivity contribution >= 4 is 49.1 Å². The number of amides is 1. The van der Waals surface area contributed by atoms with Gasteiger partial charge in [-0.15, -0.1) is 0 Å². The summed E-state index contributed by atoms with van der Waals surface area (Å²) in [4.78, 5) is 42.2. The molecule has 2 unspecified atom stereocenters. The minimum Gasteiger partial charge on any atom is -0.496 e. The van der Waals surface area contributed by atoms with Crippen LogP contribution in [0.1, 0.15) is 104 Å². The second-order valence-corrected chi connectivity index (χ2v) is 18.5. The van der Waals surface area contributed by atoms with Crippen LogP contribution >= 0.6 is 15.9 Å². The van der Waals surface area contributed by atoms with Crippen LogP contribution in [-0.2, 0) is 21.2 Å². The lowest BCUT2D eigenvalue weighted by molar-refractivity contribution is -0.122. The van der Waals surface area contributed by atoms with Crippen molar-refractivity contribution in [2.75, 3.05) is 26.5 Å². The van der Waals surface area contributed by atoms with Gasteiger partial charge in [0, 0.05) is 16.7 Å². The summed E-state index contributed by atoms with van der Waals surface area (Å²) in [6.45, 7) is 8.28. The zero-order valence-electron chi connectivity index (χ0n) is 34.1. The number of likely N-dealkylation sites (N-methyl/N-ethyl adjacent to an activating group) is 1. The number of benzene rings is 4. The third kappa shape index (κ3) is 11.0.